The van der Waals surface area contributed by atoms with Gasteiger partial charge in [0.25, 0.3) is 0 Å². The fourth-order valence-electron chi connectivity index (χ4n) is 1.59. The molecule has 0 aliphatic carbocycles. The summed E-state index contributed by atoms with van der Waals surface area (Å²) in [4.78, 5) is 11.8. The minimum Gasteiger partial charge on any atom is -0.300 e. The minimum absolute atomic E-state index is 0.0877. The number of aryl methyl sites for hydroxylation is 1. The lowest BCUT2D eigenvalue weighted by Crippen LogP contribution is -2.14. The van der Waals surface area contributed by atoms with Crippen molar-refractivity contribution in [2.45, 2.75) is 19.1 Å². The molecular formula is C14H14N4OS2. The van der Waals surface area contributed by atoms with Crippen molar-refractivity contribution in [1.29, 1.82) is 5.26 Å². The third-order valence-corrected chi connectivity index (χ3v) is 4.56. The quantitative estimate of drug-likeness (QED) is 0.886. The Hall–Kier alpha value is -1.91. The van der Waals surface area contributed by atoms with E-state index >= 15 is 0 Å². The molecule has 2 rings (SSSR count). The third-order valence-electron chi connectivity index (χ3n) is 2.57. The van der Waals surface area contributed by atoms with E-state index in [4.69, 9.17) is 5.26 Å². The van der Waals surface area contributed by atoms with E-state index < -0.39 is 0 Å². The summed E-state index contributed by atoms with van der Waals surface area (Å²) in [6, 6.07) is 9.50. The number of anilines is 1. The molecule has 108 valence electrons. The second-order valence-electron chi connectivity index (χ2n) is 4.21. The van der Waals surface area contributed by atoms with Gasteiger partial charge in [0.1, 0.15) is 5.01 Å². The van der Waals surface area contributed by atoms with Gasteiger partial charge in [0.15, 0.2) is 0 Å². The van der Waals surface area contributed by atoms with E-state index in [-0.39, 0.29) is 5.91 Å². The highest BCUT2D eigenvalue weighted by molar-refractivity contribution is 7.99. The van der Waals surface area contributed by atoms with Crippen LogP contribution in [0.3, 0.4) is 0 Å². The topological polar surface area (TPSA) is 78.7 Å². The minimum atomic E-state index is -0.0877. The Bertz CT molecular complexity index is 663. The molecule has 1 aromatic heterocycles. The molecule has 1 heterocycles. The molecular weight excluding hydrogens is 304 g/mol. The zero-order valence-electron chi connectivity index (χ0n) is 11.5. The summed E-state index contributed by atoms with van der Waals surface area (Å²) in [7, 11) is 0. The Labute approximate surface area is 131 Å². The number of nitrogens with zero attached hydrogens (tertiary/aromatic N) is 3. The van der Waals surface area contributed by atoms with Crippen molar-refractivity contribution in [3.8, 4) is 6.07 Å². The number of nitrogens with one attached hydrogen (secondary N) is 1. The first-order valence-electron chi connectivity index (χ1n) is 6.40. The van der Waals surface area contributed by atoms with E-state index in [0.29, 0.717) is 22.2 Å². The van der Waals surface area contributed by atoms with Gasteiger partial charge in [-0.2, -0.15) is 5.26 Å². The summed E-state index contributed by atoms with van der Waals surface area (Å²) >= 11 is 2.90. The van der Waals surface area contributed by atoms with Crippen LogP contribution in [0.2, 0.25) is 0 Å². The van der Waals surface area contributed by atoms with Crippen LogP contribution in [-0.4, -0.2) is 21.9 Å². The Morgan fingerprint density at radius 2 is 2.33 bits per heavy atom. The Morgan fingerprint density at radius 1 is 1.48 bits per heavy atom. The number of carbonyl (C=O) groups excluding carboxylic acids is 1. The second kappa shape index (κ2) is 7.76. The van der Waals surface area contributed by atoms with Crippen molar-refractivity contribution < 1.29 is 4.79 Å². The van der Waals surface area contributed by atoms with Gasteiger partial charge in [-0.1, -0.05) is 30.4 Å². The van der Waals surface area contributed by atoms with E-state index in [0.717, 1.165) is 17.0 Å². The molecule has 0 radical (unpaired) electrons. The van der Waals surface area contributed by atoms with Crippen molar-refractivity contribution in [3.63, 3.8) is 0 Å². The van der Waals surface area contributed by atoms with E-state index in [1.165, 1.54) is 23.1 Å². The average Bonchev–Trinajstić information content (AvgIpc) is 2.95. The molecule has 7 heteroatoms. The maximum atomic E-state index is 11.8. The van der Waals surface area contributed by atoms with Crippen LogP contribution in [0.4, 0.5) is 5.13 Å². The van der Waals surface area contributed by atoms with Crippen molar-refractivity contribution in [2.75, 3.05) is 11.1 Å². The van der Waals surface area contributed by atoms with Crippen LogP contribution in [0.5, 0.6) is 0 Å². The number of amides is 1. The summed E-state index contributed by atoms with van der Waals surface area (Å²) in [6.45, 7) is 2.00. The van der Waals surface area contributed by atoms with Crippen LogP contribution < -0.4 is 5.32 Å². The van der Waals surface area contributed by atoms with Gasteiger partial charge >= 0.3 is 0 Å². The molecule has 2 aromatic rings. The molecule has 0 spiro atoms. The molecule has 0 bridgehead atoms. The molecule has 0 saturated carbocycles. The average molecular weight is 318 g/mol. The molecule has 21 heavy (non-hydrogen) atoms. The van der Waals surface area contributed by atoms with Crippen LogP contribution in [0.15, 0.2) is 24.3 Å². The van der Waals surface area contributed by atoms with Crippen molar-refractivity contribution in [3.05, 3.63) is 40.4 Å². The lowest BCUT2D eigenvalue weighted by Gasteiger charge is -2.02. The first-order chi connectivity index (χ1) is 10.2. The first kappa shape index (κ1) is 15.5. The van der Waals surface area contributed by atoms with Gasteiger partial charge in [0, 0.05) is 5.75 Å². The zero-order valence-corrected chi connectivity index (χ0v) is 13.1. The van der Waals surface area contributed by atoms with E-state index in [1.807, 2.05) is 25.1 Å². The predicted octanol–water partition coefficient (Wildman–Crippen LogP) is 2.84. The molecule has 0 aliphatic heterocycles. The molecule has 0 aliphatic rings. The normalized spacial score (nSPS) is 10.1. The van der Waals surface area contributed by atoms with Gasteiger partial charge < -0.3 is 0 Å². The summed E-state index contributed by atoms with van der Waals surface area (Å²) in [5.41, 5.74) is 1.68. The summed E-state index contributed by atoms with van der Waals surface area (Å²) < 4.78 is 0. The lowest BCUT2D eigenvalue weighted by molar-refractivity contribution is -0.113. The molecule has 5 nitrogen and oxygen atoms in total. The smallest absolute Gasteiger partial charge is 0.236 e. The second-order valence-corrected chi connectivity index (χ2v) is 6.26. The van der Waals surface area contributed by atoms with Crippen LogP contribution >= 0.6 is 23.1 Å². The Morgan fingerprint density at radius 3 is 3.05 bits per heavy atom. The number of nitriles is 1. The van der Waals surface area contributed by atoms with Gasteiger partial charge in [-0.15, -0.1) is 22.0 Å². The fourth-order valence-corrected chi connectivity index (χ4v) is 3.07. The number of hydrogen-bond donors (Lipinski definition) is 1. The zero-order chi connectivity index (χ0) is 15.1. The highest BCUT2D eigenvalue weighted by Crippen LogP contribution is 2.17. The SMILES string of the molecule is CCc1nnc(NC(=O)CSCc2cccc(C#N)c2)s1. The van der Waals surface area contributed by atoms with E-state index in [2.05, 4.69) is 21.6 Å². The highest BCUT2D eigenvalue weighted by Gasteiger charge is 2.07. The number of aromatic nitrogens is 2. The number of benzene rings is 1. The van der Waals surface area contributed by atoms with Crippen LogP contribution in [0.1, 0.15) is 23.1 Å². The maximum Gasteiger partial charge on any atom is 0.236 e. The Kier molecular flexibility index (Phi) is 5.72. The van der Waals surface area contributed by atoms with Crippen LogP contribution in [0, 0.1) is 11.3 Å². The maximum absolute atomic E-state index is 11.8. The number of carbonyl (C=O) groups is 1. The summed E-state index contributed by atoms with van der Waals surface area (Å²) in [6.07, 6.45) is 0.817. The molecule has 0 saturated heterocycles. The van der Waals surface area contributed by atoms with Gasteiger partial charge in [0.05, 0.1) is 17.4 Å². The molecule has 0 fully saturated rings. The van der Waals surface area contributed by atoms with Gasteiger partial charge in [-0.05, 0) is 24.1 Å². The number of rotatable bonds is 6. The number of thioether (sulfide) groups is 1. The third kappa shape index (κ3) is 4.85. The van der Waals surface area contributed by atoms with Crippen LogP contribution in [0.25, 0.3) is 0 Å². The largest absolute Gasteiger partial charge is 0.300 e. The summed E-state index contributed by atoms with van der Waals surface area (Å²) in [5.74, 6) is 0.951. The van der Waals surface area contributed by atoms with Gasteiger partial charge in [-0.25, -0.2) is 0 Å². The number of hydrogen-bond acceptors (Lipinski definition) is 6. The van der Waals surface area contributed by atoms with Crippen molar-refractivity contribution >= 4 is 34.1 Å². The predicted molar refractivity (Wildman–Crippen MR) is 85.2 cm³/mol. The molecule has 1 aromatic carbocycles. The standard InChI is InChI=1S/C14H14N4OS2/c1-2-13-17-18-14(21-13)16-12(19)9-20-8-11-5-3-4-10(6-11)7-15/h3-6H,2,8-9H2,1H3,(H,16,18,19). The highest BCUT2D eigenvalue weighted by atomic mass is 32.2. The van der Waals surface area contributed by atoms with Crippen LogP contribution in [-0.2, 0) is 17.0 Å². The Balaban J connectivity index is 1.77. The van der Waals surface area contributed by atoms with Crippen molar-refractivity contribution in [1.82, 2.24) is 10.2 Å². The molecule has 1 N–H and O–H groups in total. The summed E-state index contributed by atoms with van der Waals surface area (Å²) in [5, 5.41) is 20.9. The molecule has 0 unspecified atom stereocenters. The van der Waals surface area contributed by atoms with Gasteiger partial charge in [-0.3, -0.25) is 10.1 Å². The molecule has 1 amide bonds. The van der Waals surface area contributed by atoms with E-state index in [1.54, 1.807) is 6.07 Å². The molecule has 0 atom stereocenters. The fraction of sp³-hybridized carbons (Fsp3) is 0.286. The first-order valence-corrected chi connectivity index (χ1v) is 8.37. The van der Waals surface area contributed by atoms with Gasteiger partial charge in [0.2, 0.25) is 11.0 Å². The van der Waals surface area contributed by atoms with E-state index in [9.17, 15) is 4.79 Å². The lowest BCUT2D eigenvalue weighted by atomic mass is 10.2. The van der Waals surface area contributed by atoms with Crippen molar-refractivity contribution in [2.24, 2.45) is 0 Å². The monoisotopic (exact) mass is 318 g/mol.